The summed E-state index contributed by atoms with van der Waals surface area (Å²) >= 11 is 0. The Morgan fingerprint density at radius 1 is 0.563 bits per heavy atom. The quantitative estimate of drug-likeness (QED) is 0.111. The van der Waals surface area contributed by atoms with E-state index in [-0.39, 0.29) is 36.2 Å². The van der Waals surface area contributed by atoms with Crippen LogP contribution in [0.4, 0.5) is 4.79 Å². The van der Waals surface area contributed by atoms with E-state index in [0.717, 1.165) is 64.2 Å². The van der Waals surface area contributed by atoms with E-state index >= 15 is 0 Å². The van der Waals surface area contributed by atoms with Gasteiger partial charge in [-0.3, -0.25) is 0 Å². The highest BCUT2D eigenvalue weighted by atomic mass is 32.2. The first-order valence-corrected chi connectivity index (χ1v) is 26.9. The first-order valence-electron chi connectivity index (χ1n) is 24.0. The molecule has 2 saturated heterocycles. The van der Waals surface area contributed by atoms with Crippen LogP contribution < -0.4 is 24.3 Å². The number of sulfonamides is 2. The van der Waals surface area contributed by atoms with Crippen LogP contribution in [0, 0.1) is 13.8 Å². The minimum atomic E-state index is -3.93. The van der Waals surface area contributed by atoms with E-state index in [9.17, 15) is 21.6 Å². The lowest BCUT2D eigenvalue weighted by Crippen LogP contribution is -2.49. The molecule has 0 aromatic heterocycles. The normalized spacial score (nSPS) is 15.1. The molecule has 0 bridgehead atoms. The molecular weight excluding hydrogens is 941 g/mol. The van der Waals surface area contributed by atoms with Gasteiger partial charge in [0.15, 0.2) is 0 Å². The monoisotopic (exact) mass is 1010 g/mol. The number of amides is 1. The Kier molecular flexibility index (Phi) is 16.9. The van der Waals surface area contributed by atoms with E-state index in [1.54, 1.807) is 66.2 Å². The van der Waals surface area contributed by atoms with Crippen LogP contribution in [0.3, 0.4) is 0 Å². The van der Waals surface area contributed by atoms with Crippen molar-refractivity contribution >= 4 is 47.7 Å². The molecule has 2 fully saturated rings. The fourth-order valence-corrected chi connectivity index (χ4v) is 12.7. The molecule has 6 aromatic rings. The zero-order valence-corrected chi connectivity index (χ0v) is 44.0. The molecule has 16 heteroatoms. The van der Waals surface area contributed by atoms with Crippen molar-refractivity contribution in [3.63, 3.8) is 0 Å². The van der Waals surface area contributed by atoms with Gasteiger partial charge in [0.2, 0.25) is 20.0 Å². The number of nitrogens with one attached hydrogen (secondary N) is 1. The standard InChI is InChI=1S/C30H38N2O6S.C25H30N2O4S/c1-21-17-27(36-5)26(28(18-21)37-6)20-32(24-13-15-31(16-14-24)29(33)38-30(2,3)4)39(34,35)25-12-11-22-9-7-8-10-23(22)19-25;1-18-14-24(30-2)23(25(15-18)31-3)17-27(21-10-12-26-13-11-21)32(28,29)22-9-8-19-6-4-5-7-20(19)16-22/h7-12,17-19,24H,13-16,20H2,1-6H3;4-9,14-16,21,26H,10-13,17H2,1-3H3. The fraction of sp³-hybridized carbons (Fsp3) is 0.400. The lowest BCUT2D eigenvalue weighted by molar-refractivity contribution is 0.0176. The predicted molar refractivity (Wildman–Crippen MR) is 279 cm³/mol. The molecule has 1 N–H and O–H groups in total. The van der Waals surface area contributed by atoms with E-state index < -0.39 is 25.6 Å². The number of piperidine rings is 2. The second-order valence-electron chi connectivity index (χ2n) is 19.1. The smallest absolute Gasteiger partial charge is 0.410 e. The van der Waals surface area contributed by atoms with Crippen molar-refractivity contribution in [3.05, 3.63) is 131 Å². The number of hydrogen-bond donors (Lipinski definition) is 1. The Balaban J connectivity index is 0.000000213. The second kappa shape index (κ2) is 22.7. The summed E-state index contributed by atoms with van der Waals surface area (Å²) in [7, 11) is -1.34. The number of nitrogens with zero attached hydrogens (tertiary/aromatic N) is 3. The number of carbonyl (C=O) groups excluding carboxylic acids is 1. The van der Waals surface area contributed by atoms with Crippen molar-refractivity contribution < 1.29 is 45.3 Å². The fourth-order valence-electron chi connectivity index (χ4n) is 9.36. The van der Waals surface area contributed by atoms with Crippen LogP contribution in [0.1, 0.15) is 68.7 Å². The van der Waals surface area contributed by atoms with Gasteiger partial charge >= 0.3 is 6.09 Å². The highest BCUT2D eigenvalue weighted by Crippen LogP contribution is 2.38. The Hall–Kier alpha value is -5.91. The molecule has 380 valence electrons. The number of aryl methyl sites for hydroxylation is 2. The summed E-state index contributed by atoms with van der Waals surface area (Å²) in [6.07, 6.45) is 2.07. The Labute approximate surface area is 419 Å². The topological polar surface area (TPSA) is 153 Å². The summed E-state index contributed by atoms with van der Waals surface area (Å²) in [5.74, 6) is 2.40. The van der Waals surface area contributed by atoms with E-state index in [0.29, 0.717) is 59.4 Å². The minimum Gasteiger partial charge on any atom is -0.496 e. The predicted octanol–water partition coefficient (Wildman–Crippen LogP) is 9.86. The SMILES string of the molecule is COc1cc(C)cc(OC)c1CN(C1CCN(C(=O)OC(C)(C)C)CC1)S(=O)(=O)c1ccc2ccccc2c1.COc1cc(C)cc(OC)c1CN(C1CCNCC1)S(=O)(=O)c1ccc2ccccc2c1. The molecule has 0 saturated carbocycles. The van der Waals surface area contributed by atoms with Crippen LogP contribution in [0.5, 0.6) is 23.0 Å². The number of benzene rings is 6. The molecule has 0 unspecified atom stereocenters. The number of ether oxygens (including phenoxy) is 5. The third-order valence-electron chi connectivity index (χ3n) is 13.0. The van der Waals surface area contributed by atoms with Crippen LogP contribution in [-0.2, 0) is 37.9 Å². The molecule has 1 amide bonds. The van der Waals surface area contributed by atoms with Crippen molar-refractivity contribution in [1.82, 2.24) is 18.8 Å². The van der Waals surface area contributed by atoms with Crippen molar-refractivity contribution in [2.75, 3.05) is 54.6 Å². The number of hydrogen-bond acceptors (Lipinski definition) is 11. The molecule has 71 heavy (non-hydrogen) atoms. The maximum Gasteiger partial charge on any atom is 0.410 e. The van der Waals surface area contributed by atoms with Gasteiger partial charge in [-0.05, 0) is 155 Å². The highest BCUT2D eigenvalue weighted by molar-refractivity contribution is 7.89. The number of likely N-dealkylation sites (tertiary alicyclic amines) is 1. The molecule has 2 heterocycles. The molecule has 2 aliphatic rings. The third kappa shape index (κ3) is 12.4. The van der Waals surface area contributed by atoms with Gasteiger partial charge in [0.25, 0.3) is 0 Å². The lowest BCUT2D eigenvalue weighted by Gasteiger charge is -2.38. The van der Waals surface area contributed by atoms with Crippen molar-refractivity contribution in [2.45, 2.75) is 101 Å². The number of rotatable bonds is 14. The van der Waals surface area contributed by atoms with Crippen molar-refractivity contribution in [2.24, 2.45) is 0 Å². The Morgan fingerprint density at radius 2 is 0.930 bits per heavy atom. The van der Waals surface area contributed by atoms with Gasteiger partial charge in [-0.25, -0.2) is 21.6 Å². The Morgan fingerprint density at radius 3 is 1.30 bits per heavy atom. The summed E-state index contributed by atoms with van der Waals surface area (Å²) in [4.78, 5) is 14.8. The van der Waals surface area contributed by atoms with E-state index in [1.165, 1.54) is 0 Å². The zero-order valence-electron chi connectivity index (χ0n) is 42.4. The average molecular weight is 1010 g/mol. The van der Waals surface area contributed by atoms with Gasteiger partial charge in [-0.1, -0.05) is 60.7 Å². The van der Waals surface area contributed by atoms with E-state index in [4.69, 9.17) is 23.7 Å². The van der Waals surface area contributed by atoms with Crippen molar-refractivity contribution in [3.8, 4) is 23.0 Å². The Bertz CT molecular complexity index is 3000. The van der Waals surface area contributed by atoms with Gasteiger partial charge in [0.05, 0.1) is 49.4 Å². The summed E-state index contributed by atoms with van der Waals surface area (Å²) in [6.45, 7) is 12.0. The maximum absolute atomic E-state index is 14.3. The summed E-state index contributed by atoms with van der Waals surface area (Å²) in [5, 5.41) is 7.07. The van der Waals surface area contributed by atoms with Crippen LogP contribution in [0.2, 0.25) is 0 Å². The van der Waals surface area contributed by atoms with E-state index in [1.807, 2.05) is 120 Å². The number of methoxy groups -OCH3 is 4. The first-order chi connectivity index (χ1) is 33.9. The highest BCUT2D eigenvalue weighted by Gasteiger charge is 2.38. The van der Waals surface area contributed by atoms with Crippen molar-refractivity contribution in [1.29, 1.82) is 0 Å². The molecule has 0 aliphatic carbocycles. The van der Waals surface area contributed by atoms with Gasteiger partial charge < -0.3 is 33.9 Å². The molecule has 6 aromatic carbocycles. The van der Waals surface area contributed by atoms with Crippen LogP contribution in [0.15, 0.2) is 119 Å². The zero-order chi connectivity index (χ0) is 51.1. The van der Waals surface area contributed by atoms with Gasteiger partial charge in [-0.15, -0.1) is 0 Å². The molecule has 8 rings (SSSR count). The van der Waals surface area contributed by atoms with Gasteiger partial charge in [0, 0.05) is 38.3 Å². The summed E-state index contributed by atoms with van der Waals surface area (Å²) in [5.41, 5.74) is 2.74. The number of carbonyl (C=O) groups is 1. The van der Waals surface area contributed by atoms with Crippen LogP contribution in [-0.4, -0.2) is 109 Å². The minimum absolute atomic E-state index is 0.0683. The largest absolute Gasteiger partial charge is 0.496 e. The first kappa shape index (κ1) is 52.9. The van der Waals surface area contributed by atoms with Gasteiger partial charge in [0.1, 0.15) is 28.6 Å². The average Bonchev–Trinajstić information content (AvgIpc) is 3.36. The van der Waals surface area contributed by atoms with Crippen LogP contribution >= 0.6 is 0 Å². The second-order valence-corrected chi connectivity index (χ2v) is 22.9. The summed E-state index contributed by atoms with van der Waals surface area (Å²) < 4.78 is 87.8. The van der Waals surface area contributed by atoms with E-state index in [2.05, 4.69) is 5.32 Å². The third-order valence-corrected chi connectivity index (χ3v) is 16.8. The van der Waals surface area contributed by atoms with Gasteiger partial charge in [-0.2, -0.15) is 8.61 Å². The molecule has 0 atom stereocenters. The lowest BCUT2D eigenvalue weighted by atomic mass is 10.0. The molecule has 2 aliphatic heterocycles. The molecular formula is C55H68N4O10S2. The molecule has 0 radical (unpaired) electrons. The molecule has 0 spiro atoms. The maximum atomic E-state index is 14.3. The number of fused-ring (bicyclic) bond motifs is 2. The van der Waals surface area contributed by atoms with Crippen LogP contribution in [0.25, 0.3) is 21.5 Å². The molecule has 14 nitrogen and oxygen atoms in total. The summed E-state index contributed by atoms with van der Waals surface area (Å²) in [6, 6.07) is 33.2.